The average molecular weight is 312 g/mol. The number of aryl methyl sites for hydroxylation is 1. The molecule has 0 aliphatic heterocycles. The van der Waals surface area contributed by atoms with Crippen LogP contribution in [0.5, 0.6) is 5.75 Å². The van der Waals surface area contributed by atoms with Gasteiger partial charge in [-0.25, -0.2) is 0 Å². The first kappa shape index (κ1) is 16.9. The zero-order valence-corrected chi connectivity index (χ0v) is 13.9. The molecule has 0 spiro atoms. The Hall–Kier alpha value is -2.49. The summed E-state index contributed by atoms with van der Waals surface area (Å²) < 4.78 is 5.16. The number of anilines is 1. The number of ether oxygens (including phenoxy) is 1. The average Bonchev–Trinajstić information content (AvgIpc) is 2.56. The van der Waals surface area contributed by atoms with E-state index >= 15 is 0 Å². The molecule has 4 nitrogen and oxygen atoms in total. The second-order valence-electron chi connectivity index (χ2n) is 5.79. The zero-order chi connectivity index (χ0) is 16.8. The van der Waals surface area contributed by atoms with Crippen molar-refractivity contribution in [1.29, 1.82) is 0 Å². The molecular weight excluding hydrogens is 288 g/mol. The predicted octanol–water partition coefficient (Wildman–Crippen LogP) is 3.51. The number of hydrogen-bond donors (Lipinski definition) is 2. The summed E-state index contributed by atoms with van der Waals surface area (Å²) in [5.41, 5.74) is 9.16. The van der Waals surface area contributed by atoms with Gasteiger partial charge in [0.05, 0.1) is 7.11 Å². The fourth-order valence-electron chi connectivity index (χ4n) is 2.48. The molecule has 0 aliphatic rings. The summed E-state index contributed by atoms with van der Waals surface area (Å²) in [4.78, 5) is 12.2. The summed E-state index contributed by atoms with van der Waals surface area (Å²) in [6.07, 6.45) is 0.874. The van der Waals surface area contributed by atoms with E-state index in [0.29, 0.717) is 23.7 Å². The summed E-state index contributed by atoms with van der Waals surface area (Å²) in [5, 5.41) is 2.97. The number of amides is 1. The largest absolute Gasteiger partial charge is 0.497 e. The Balaban J connectivity index is 1.88. The van der Waals surface area contributed by atoms with E-state index in [1.165, 1.54) is 5.56 Å². The van der Waals surface area contributed by atoms with Crippen molar-refractivity contribution >= 4 is 11.6 Å². The molecule has 122 valence electrons. The normalized spacial score (nSPS) is 11.8. The highest BCUT2D eigenvalue weighted by Gasteiger charge is 2.10. The van der Waals surface area contributed by atoms with Crippen LogP contribution in [0.4, 0.5) is 5.69 Å². The lowest BCUT2D eigenvalue weighted by Gasteiger charge is -2.14. The molecule has 1 amide bonds. The van der Waals surface area contributed by atoms with Crippen molar-refractivity contribution < 1.29 is 9.53 Å². The third-order valence-electron chi connectivity index (χ3n) is 4.05. The SMILES string of the molecule is COc1ccc(C(C)CCNC(=O)c2cc(N)ccc2C)cc1. The van der Waals surface area contributed by atoms with Gasteiger partial charge in [-0.1, -0.05) is 25.1 Å². The lowest BCUT2D eigenvalue weighted by molar-refractivity contribution is 0.0952. The lowest BCUT2D eigenvalue weighted by atomic mass is 9.97. The van der Waals surface area contributed by atoms with E-state index in [-0.39, 0.29) is 5.91 Å². The van der Waals surface area contributed by atoms with Gasteiger partial charge in [-0.3, -0.25) is 4.79 Å². The molecular formula is C19H24N2O2. The maximum Gasteiger partial charge on any atom is 0.251 e. The van der Waals surface area contributed by atoms with Gasteiger partial charge >= 0.3 is 0 Å². The molecule has 0 aliphatic carbocycles. The minimum absolute atomic E-state index is 0.0725. The van der Waals surface area contributed by atoms with Crippen molar-refractivity contribution in [3.8, 4) is 5.75 Å². The number of rotatable bonds is 6. The first-order valence-electron chi connectivity index (χ1n) is 7.79. The highest BCUT2D eigenvalue weighted by atomic mass is 16.5. The van der Waals surface area contributed by atoms with Crippen molar-refractivity contribution in [2.45, 2.75) is 26.2 Å². The smallest absolute Gasteiger partial charge is 0.251 e. The van der Waals surface area contributed by atoms with Gasteiger partial charge in [-0.05, 0) is 54.7 Å². The number of benzene rings is 2. The van der Waals surface area contributed by atoms with E-state index in [1.807, 2.05) is 25.1 Å². The third-order valence-corrected chi connectivity index (χ3v) is 4.05. The quantitative estimate of drug-likeness (QED) is 0.802. The van der Waals surface area contributed by atoms with Crippen molar-refractivity contribution in [2.75, 3.05) is 19.4 Å². The molecule has 2 aromatic rings. The van der Waals surface area contributed by atoms with Gasteiger partial charge in [0.2, 0.25) is 0 Å². The van der Waals surface area contributed by atoms with Crippen LogP contribution in [0.3, 0.4) is 0 Å². The number of methoxy groups -OCH3 is 1. The van der Waals surface area contributed by atoms with E-state index in [1.54, 1.807) is 19.2 Å². The van der Waals surface area contributed by atoms with Crippen molar-refractivity contribution in [1.82, 2.24) is 5.32 Å². The fourth-order valence-corrected chi connectivity index (χ4v) is 2.48. The minimum Gasteiger partial charge on any atom is -0.497 e. The van der Waals surface area contributed by atoms with Crippen LogP contribution in [0.1, 0.15) is 40.7 Å². The Morgan fingerprint density at radius 1 is 1.22 bits per heavy atom. The van der Waals surface area contributed by atoms with Crippen LogP contribution < -0.4 is 15.8 Å². The standard InChI is InChI=1S/C19H24N2O2/c1-13(15-5-8-17(23-3)9-6-15)10-11-21-19(22)18-12-16(20)7-4-14(18)2/h4-9,12-13H,10-11,20H2,1-3H3,(H,21,22). The van der Waals surface area contributed by atoms with Gasteiger partial charge in [-0.2, -0.15) is 0 Å². The maximum atomic E-state index is 12.2. The third kappa shape index (κ3) is 4.49. The van der Waals surface area contributed by atoms with Crippen LogP contribution in [0, 0.1) is 6.92 Å². The molecule has 3 N–H and O–H groups in total. The molecule has 0 saturated carbocycles. The van der Waals surface area contributed by atoms with E-state index < -0.39 is 0 Å². The number of hydrogen-bond acceptors (Lipinski definition) is 3. The van der Waals surface area contributed by atoms with Crippen molar-refractivity contribution in [3.63, 3.8) is 0 Å². The molecule has 4 heteroatoms. The lowest BCUT2D eigenvalue weighted by Crippen LogP contribution is -2.26. The highest BCUT2D eigenvalue weighted by molar-refractivity contribution is 5.96. The Kier molecular flexibility index (Phi) is 5.63. The number of nitrogens with one attached hydrogen (secondary N) is 1. The molecule has 0 radical (unpaired) electrons. The van der Waals surface area contributed by atoms with Crippen LogP contribution in [0.15, 0.2) is 42.5 Å². The molecule has 2 rings (SSSR count). The van der Waals surface area contributed by atoms with Gasteiger partial charge in [0, 0.05) is 17.8 Å². The van der Waals surface area contributed by atoms with Crippen molar-refractivity contribution in [2.24, 2.45) is 0 Å². The number of nitrogen functional groups attached to an aromatic ring is 1. The Morgan fingerprint density at radius 3 is 2.57 bits per heavy atom. The topological polar surface area (TPSA) is 64.3 Å². The monoisotopic (exact) mass is 312 g/mol. The van der Waals surface area contributed by atoms with Gasteiger partial charge in [0.25, 0.3) is 5.91 Å². The van der Waals surface area contributed by atoms with E-state index in [2.05, 4.69) is 24.4 Å². The molecule has 0 aromatic heterocycles. The Morgan fingerprint density at radius 2 is 1.91 bits per heavy atom. The molecule has 0 saturated heterocycles. The van der Waals surface area contributed by atoms with Crippen LogP contribution in [-0.4, -0.2) is 19.6 Å². The van der Waals surface area contributed by atoms with Gasteiger partial charge in [-0.15, -0.1) is 0 Å². The second kappa shape index (κ2) is 7.68. The first-order valence-corrected chi connectivity index (χ1v) is 7.79. The number of carbonyl (C=O) groups is 1. The minimum atomic E-state index is -0.0725. The molecule has 0 bridgehead atoms. The maximum absolute atomic E-state index is 12.2. The second-order valence-corrected chi connectivity index (χ2v) is 5.79. The van der Waals surface area contributed by atoms with Crippen LogP contribution in [0.25, 0.3) is 0 Å². The summed E-state index contributed by atoms with van der Waals surface area (Å²) in [6.45, 7) is 4.69. The first-order chi connectivity index (χ1) is 11.0. The van der Waals surface area contributed by atoms with E-state index in [0.717, 1.165) is 17.7 Å². The predicted molar refractivity (Wildman–Crippen MR) is 94.0 cm³/mol. The molecule has 2 aromatic carbocycles. The van der Waals surface area contributed by atoms with Crippen molar-refractivity contribution in [3.05, 3.63) is 59.2 Å². The van der Waals surface area contributed by atoms with E-state index in [4.69, 9.17) is 10.5 Å². The van der Waals surface area contributed by atoms with Gasteiger partial charge in [0.1, 0.15) is 5.75 Å². The summed E-state index contributed by atoms with van der Waals surface area (Å²) in [6, 6.07) is 13.4. The summed E-state index contributed by atoms with van der Waals surface area (Å²) in [7, 11) is 1.66. The molecule has 1 unspecified atom stereocenters. The molecule has 23 heavy (non-hydrogen) atoms. The zero-order valence-electron chi connectivity index (χ0n) is 13.9. The van der Waals surface area contributed by atoms with Crippen LogP contribution >= 0.6 is 0 Å². The Labute approximate surface area is 137 Å². The van der Waals surface area contributed by atoms with Gasteiger partial charge < -0.3 is 15.8 Å². The molecule has 0 fully saturated rings. The van der Waals surface area contributed by atoms with Crippen LogP contribution in [0.2, 0.25) is 0 Å². The number of carbonyl (C=O) groups excluding carboxylic acids is 1. The highest BCUT2D eigenvalue weighted by Crippen LogP contribution is 2.21. The number of nitrogens with two attached hydrogens (primary N) is 1. The summed E-state index contributed by atoms with van der Waals surface area (Å²) in [5.74, 6) is 1.14. The fraction of sp³-hybridized carbons (Fsp3) is 0.316. The van der Waals surface area contributed by atoms with E-state index in [9.17, 15) is 4.79 Å². The molecule has 0 heterocycles. The van der Waals surface area contributed by atoms with Crippen LogP contribution in [-0.2, 0) is 0 Å². The Bertz CT molecular complexity index is 666. The summed E-state index contributed by atoms with van der Waals surface area (Å²) >= 11 is 0. The molecule has 1 atom stereocenters. The van der Waals surface area contributed by atoms with Gasteiger partial charge in [0.15, 0.2) is 0 Å².